The number of hydrogen-bond donors (Lipinski definition) is 0. The molecule has 2 nitrogen and oxygen atoms in total. The standard InChI is InChI=1S/C3H12O2Si2/c1-4-7(3)5-6-2/h7H,6H2,1-3H3. The Balaban J connectivity index is 2.83. The van der Waals surface area contributed by atoms with Gasteiger partial charge in [0.2, 0.25) is 0 Å². The first-order valence-corrected chi connectivity index (χ1v) is 6.54. The van der Waals surface area contributed by atoms with Crippen LogP contribution in [0.15, 0.2) is 0 Å². The van der Waals surface area contributed by atoms with Crippen LogP contribution in [0.2, 0.25) is 13.1 Å². The monoisotopic (exact) mass is 136 g/mol. The Morgan fingerprint density at radius 3 is 2.29 bits per heavy atom. The fourth-order valence-corrected chi connectivity index (χ4v) is 2.72. The van der Waals surface area contributed by atoms with E-state index in [1.165, 1.54) is 0 Å². The van der Waals surface area contributed by atoms with E-state index in [-0.39, 0.29) is 9.76 Å². The molecule has 0 fully saturated rings. The molecule has 0 aliphatic heterocycles. The molecule has 0 spiro atoms. The van der Waals surface area contributed by atoms with Crippen molar-refractivity contribution in [1.82, 2.24) is 0 Å². The molecule has 0 aromatic rings. The van der Waals surface area contributed by atoms with Gasteiger partial charge >= 0.3 is 9.28 Å². The first-order valence-electron chi connectivity index (χ1n) is 2.45. The molecule has 0 aromatic carbocycles. The SMILES string of the molecule is CO[SiH](C)O[SiH2]C. The van der Waals surface area contributed by atoms with Crippen molar-refractivity contribution in [3.05, 3.63) is 0 Å². The lowest BCUT2D eigenvalue weighted by molar-refractivity contribution is 0.349. The summed E-state index contributed by atoms with van der Waals surface area (Å²) in [5, 5.41) is 0. The highest BCUT2D eigenvalue weighted by molar-refractivity contribution is 6.51. The molecule has 0 aromatic heterocycles. The normalized spacial score (nSPS) is 15.9. The highest BCUT2D eigenvalue weighted by Crippen LogP contribution is 1.80. The molecule has 0 bridgehead atoms. The van der Waals surface area contributed by atoms with Crippen LogP contribution < -0.4 is 0 Å². The van der Waals surface area contributed by atoms with E-state index in [2.05, 4.69) is 6.55 Å². The predicted octanol–water partition coefficient (Wildman–Crippen LogP) is -0.368. The summed E-state index contributed by atoms with van der Waals surface area (Å²) < 4.78 is 10.2. The van der Waals surface area contributed by atoms with Gasteiger partial charge in [-0.05, 0) is 6.55 Å². The summed E-state index contributed by atoms with van der Waals surface area (Å²) in [7, 11) is 0.382. The van der Waals surface area contributed by atoms with Gasteiger partial charge in [-0.2, -0.15) is 0 Å². The molecule has 1 atom stereocenters. The highest BCUT2D eigenvalue weighted by atomic mass is 28.4. The van der Waals surface area contributed by atoms with Crippen molar-refractivity contribution in [3.8, 4) is 0 Å². The maximum atomic E-state index is 5.25. The van der Waals surface area contributed by atoms with E-state index in [0.29, 0.717) is 0 Å². The first-order chi connectivity index (χ1) is 3.31. The van der Waals surface area contributed by atoms with Gasteiger partial charge in [0.05, 0.1) is 0 Å². The molecule has 7 heavy (non-hydrogen) atoms. The van der Waals surface area contributed by atoms with Crippen LogP contribution in [0, 0.1) is 0 Å². The molecule has 0 amide bonds. The van der Waals surface area contributed by atoms with Gasteiger partial charge in [-0.15, -0.1) is 0 Å². The molecule has 0 aliphatic rings. The van der Waals surface area contributed by atoms with Crippen LogP contribution in [0.4, 0.5) is 0 Å². The lowest BCUT2D eigenvalue weighted by Crippen LogP contribution is -2.16. The van der Waals surface area contributed by atoms with Crippen molar-refractivity contribution < 1.29 is 8.54 Å². The predicted molar refractivity (Wildman–Crippen MR) is 35.5 cm³/mol. The van der Waals surface area contributed by atoms with Gasteiger partial charge in [0.15, 0.2) is 0 Å². The Morgan fingerprint density at radius 1 is 1.57 bits per heavy atom. The van der Waals surface area contributed by atoms with E-state index >= 15 is 0 Å². The summed E-state index contributed by atoms with van der Waals surface area (Å²) in [6, 6.07) is 0. The van der Waals surface area contributed by atoms with Gasteiger partial charge < -0.3 is 8.54 Å². The number of rotatable bonds is 3. The second-order valence-electron chi connectivity index (χ2n) is 1.26. The highest BCUT2D eigenvalue weighted by Gasteiger charge is 1.96. The van der Waals surface area contributed by atoms with Gasteiger partial charge in [0.1, 0.15) is 9.76 Å². The third-order valence-electron chi connectivity index (χ3n) is 0.733. The van der Waals surface area contributed by atoms with Crippen LogP contribution >= 0.6 is 0 Å². The van der Waals surface area contributed by atoms with Crippen molar-refractivity contribution in [3.63, 3.8) is 0 Å². The topological polar surface area (TPSA) is 18.5 Å². The second kappa shape index (κ2) is 4.51. The minimum absolute atomic E-state index is 0.208. The van der Waals surface area contributed by atoms with Crippen LogP contribution in [0.5, 0.6) is 0 Å². The van der Waals surface area contributed by atoms with Crippen LogP contribution in [-0.4, -0.2) is 26.2 Å². The zero-order chi connectivity index (χ0) is 5.70. The minimum Gasteiger partial charge on any atom is -0.444 e. The van der Waals surface area contributed by atoms with Gasteiger partial charge in [-0.1, -0.05) is 6.55 Å². The Morgan fingerprint density at radius 2 is 2.14 bits per heavy atom. The zero-order valence-corrected chi connectivity index (χ0v) is 7.67. The maximum Gasteiger partial charge on any atom is 0.307 e. The largest absolute Gasteiger partial charge is 0.444 e. The fourth-order valence-electron chi connectivity index (χ4n) is 0.303. The first kappa shape index (κ1) is 7.35. The summed E-state index contributed by atoms with van der Waals surface area (Å²) in [5.41, 5.74) is 0. The van der Waals surface area contributed by atoms with Crippen LogP contribution in [0.1, 0.15) is 0 Å². The minimum atomic E-state index is -1.12. The van der Waals surface area contributed by atoms with Gasteiger partial charge in [-0.25, -0.2) is 0 Å². The Hall–Kier alpha value is 0.354. The molecule has 0 rings (SSSR count). The fraction of sp³-hybridized carbons (Fsp3) is 1.00. The third-order valence-corrected chi connectivity index (χ3v) is 4.61. The average molecular weight is 136 g/mol. The molecular formula is C3H12O2Si2. The summed E-state index contributed by atoms with van der Waals surface area (Å²) in [5.74, 6) is 0. The Labute approximate surface area is 48.6 Å². The smallest absolute Gasteiger partial charge is 0.307 e. The maximum absolute atomic E-state index is 5.25. The summed E-state index contributed by atoms with van der Waals surface area (Å²) in [6.07, 6.45) is 0. The van der Waals surface area contributed by atoms with Gasteiger partial charge in [0, 0.05) is 7.11 Å². The van der Waals surface area contributed by atoms with Crippen molar-refractivity contribution in [2.24, 2.45) is 0 Å². The molecule has 1 unspecified atom stereocenters. The van der Waals surface area contributed by atoms with E-state index in [0.717, 1.165) is 0 Å². The quantitative estimate of drug-likeness (QED) is 0.493. The van der Waals surface area contributed by atoms with E-state index in [1.807, 2.05) is 6.55 Å². The van der Waals surface area contributed by atoms with Crippen molar-refractivity contribution in [2.45, 2.75) is 13.1 Å². The Bertz CT molecular complexity index is 41.9. The van der Waals surface area contributed by atoms with E-state index in [4.69, 9.17) is 8.54 Å². The molecule has 0 heterocycles. The summed E-state index contributed by atoms with van der Waals surface area (Å²) >= 11 is 0. The lowest BCUT2D eigenvalue weighted by Gasteiger charge is -2.04. The molecule has 0 saturated heterocycles. The molecule has 0 radical (unpaired) electrons. The molecule has 0 N–H and O–H groups in total. The lowest BCUT2D eigenvalue weighted by atomic mass is 11.8. The second-order valence-corrected chi connectivity index (χ2v) is 4.78. The van der Waals surface area contributed by atoms with Crippen LogP contribution in [0.25, 0.3) is 0 Å². The van der Waals surface area contributed by atoms with Crippen LogP contribution in [0.3, 0.4) is 0 Å². The van der Waals surface area contributed by atoms with Crippen LogP contribution in [-0.2, 0) is 8.54 Å². The number of hydrogen-bond acceptors (Lipinski definition) is 2. The molecule has 4 heteroatoms. The third kappa shape index (κ3) is 4.20. The summed E-state index contributed by atoms with van der Waals surface area (Å²) in [6.45, 7) is 4.15. The average Bonchev–Trinajstić information content (AvgIpc) is 1.68. The Kier molecular flexibility index (Phi) is 4.74. The van der Waals surface area contributed by atoms with E-state index < -0.39 is 9.28 Å². The van der Waals surface area contributed by atoms with Crippen molar-refractivity contribution >= 4 is 19.0 Å². The molecular weight excluding hydrogens is 124 g/mol. The van der Waals surface area contributed by atoms with Gasteiger partial charge in [0.25, 0.3) is 0 Å². The van der Waals surface area contributed by atoms with E-state index in [1.54, 1.807) is 7.11 Å². The van der Waals surface area contributed by atoms with Crippen molar-refractivity contribution in [1.29, 1.82) is 0 Å². The molecule has 0 aliphatic carbocycles. The zero-order valence-electron chi connectivity index (χ0n) is 5.10. The molecule has 44 valence electrons. The summed E-state index contributed by atoms with van der Waals surface area (Å²) in [4.78, 5) is 0. The van der Waals surface area contributed by atoms with Gasteiger partial charge in [-0.3, -0.25) is 0 Å². The van der Waals surface area contributed by atoms with E-state index in [9.17, 15) is 0 Å². The molecule has 0 saturated carbocycles. The van der Waals surface area contributed by atoms with Crippen molar-refractivity contribution in [2.75, 3.05) is 7.11 Å².